The van der Waals surface area contributed by atoms with Crippen LogP contribution in [0.1, 0.15) is 26.2 Å². The largest absolute Gasteiger partial charge is 0.494 e. The van der Waals surface area contributed by atoms with Gasteiger partial charge in [-0.25, -0.2) is 9.97 Å². The zero-order valence-corrected chi connectivity index (χ0v) is 19.4. The second kappa shape index (κ2) is 9.95. The summed E-state index contributed by atoms with van der Waals surface area (Å²) in [6.07, 6.45) is 6.25. The lowest BCUT2D eigenvalue weighted by Gasteiger charge is -2.15. The molecule has 1 aliphatic rings. The number of carbonyl (C=O) groups excluding carboxylic acids is 1. The first-order valence-electron chi connectivity index (χ1n) is 11.9. The van der Waals surface area contributed by atoms with E-state index in [2.05, 4.69) is 38.2 Å². The number of fused-ring (bicyclic) bond motifs is 1. The van der Waals surface area contributed by atoms with Gasteiger partial charge in [0, 0.05) is 43.5 Å². The molecule has 2 aromatic heterocycles. The molecule has 1 aliphatic heterocycles. The third-order valence-corrected chi connectivity index (χ3v) is 6.16. The highest BCUT2D eigenvalue weighted by atomic mass is 16.5. The van der Waals surface area contributed by atoms with Gasteiger partial charge >= 0.3 is 0 Å². The molecule has 0 spiro atoms. The average molecular weight is 456 g/mol. The lowest BCUT2D eigenvalue weighted by Crippen LogP contribution is -2.27. The lowest BCUT2D eigenvalue weighted by molar-refractivity contribution is -0.127. The summed E-state index contributed by atoms with van der Waals surface area (Å²) in [7, 11) is 0. The number of ether oxygens (including phenoxy) is 1. The monoisotopic (exact) mass is 455 g/mol. The smallest absolute Gasteiger partial charge is 0.222 e. The predicted octanol–water partition coefficient (Wildman–Crippen LogP) is 4.91. The molecule has 4 aromatic rings. The number of nitrogens with one attached hydrogen (secondary N) is 1. The molecule has 0 aliphatic carbocycles. The fraction of sp³-hybridized carbons (Fsp3) is 0.296. The molecule has 174 valence electrons. The summed E-state index contributed by atoms with van der Waals surface area (Å²) >= 11 is 0. The number of anilines is 1. The fourth-order valence-electron chi connectivity index (χ4n) is 4.52. The number of amides is 1. The molecule has 0 saturated carbocycles. The van der Waals surface area contributed by atoms with Crippen molar-refractivity contribution in [2.75, 3.05) is 31.6 Å². The maximum absolute atomic E-state index is 11.9. The molecule has 1 N–H and O–H groups in total. The number of hydrogen-bond acceptors (Lipinski definition) is 5. The molecule has 1 fully saturated rings. The van der Waals surface area contributed by atoms with Crippen LogP contribution < -0.4 is 10.1 Å². The van der Waals surface area contributed by atoms with Crippen LogP contribution >= 0.6 is 0 Å². The van der Waals surface area contributed by atoms with Crippen molar-refractivity contribution < 1.29 is 9.53 Å². The summed E-state index contributed by atoms with van der Waals surface area (Å²) < 4.78 is 7.71. The Morgan fingerprint density at radius 1 is 1.06 bits per heavy atom. The van der Waals surface area contributed by atoms with E-state index in [0.717, 1.165) is 71.9 Å². The van der Waals surface area contributed by atoms with E-state index in [-0.39, 0.29) is 5.91 Å². The van der Waals surface area contributed by atoms with Crippen LogP contribution in [0, 0.1) is 0 Å². The normalized spacial score (nSPS) is 13.6. The zero-order valence-electron chi connectivity index (χ0n) is 19.4. The molecular formula is C27H29N5O2. The molecule has 2 aromatic carbocycles. The van der Waals surface area contributed by atoms with E-state index in [1.54, 1.807) is 6.33 Å². The Hall–Kier alpha value is -3.87. The van der Waals surface area contributed by atoms with E-state index >= 15 is 0 Å². The minimum absolute atomic E-state index is 0.267. The van der Waals surface area contributed by atoms with Gasteiger partial charge in [0.15, 0.2) is 5.65 Å². The SMILES string of the molecule is CCOc1ccc(-n2cc(-c3ccccc3)c3c(NCCCN4CCCC4=O)ncnc32)cc1. The molecule has 1 amide bonds. The summed E-state index contributed by atoms with van der Waals surface area (Å²) in [5.74, 6) is 1.92. The van der Waals surface area contributed by atoms with Crippen molar-refractivity contribution in [2.45, 2.75) is 26.2 Å². The van der Waals surface area contributed by atoms with E-state index < -0.39 is 0 Å². The molecule has 3 heterocycles. The molecule has 0 bridgehead atoms. The van der Waals surface area contributed by atoms with Crippen molar-refractivity contribution in [3.8, 4) is 22.6 Å². The van der Waals surface area contributed by atoms with Gasteiger partial charge in [-0.05, 0) is 49.6 Å². The fourth-order valence-corrected chi connectivity index (χ4v) is 4.52. The van der Waals surface area contributed by atoms with Gasteiger partial charge in [-0.15, -0.1) is 0 Å². The van der Waals surface area contributed by atoms with E-state index in [0.29, 0.717) is 13.0 Å². The van der Waals surface area contributed by atoms with Crippen molar-refractivity contribution >= 4 is 22.8 Å². The summed E-state index contributed by atoms with van der Waals surface area (Å²) in [5.41, 5.74) is 4.03. The van der Waals surface area contributed by atoms with Gasteiger partial charge in [0.25, 0.3) is 0 Å². The Bertz CT molecular complexity index is 1270. The maximum atomic E-state index is 11.9. The second-order valence-electron chi connectivity index (χ2n) is 8.39. The Labute approximate surface area is 199 Å². The van der Waals surface area contributed by atoms with E-state index in [4.69, 9.17) is 4.74 Å². The van der Waals surface area contributed by atoms with Crippen molar-refractivity contribution in [3.63, 3.8) is 0 Å². The van der Waals surface area contributed by atoms with Gasteiger partial charge in [-0.1, -0.05) is 30.3 Å². The number of aromatic nitrogens is 3. The Morgan fingerprint density at radius 2 is 1.88 bits per heavy atom. The quantitative estimate of drug-likeness (QED) is 0.363. The van der Waals surface area contributed by atoms with Crippen molar-refractivity contribution in [1.82, 2.24) is 19.4 Å². The minimum Gasteiger partial charge on any atom is -0.494 e. The maximum Gasteiger partial charge on any atom is 0.222 e. The molecule has 0 atom stereocenters. The Morgan fingerprint density at radius 3 is 2.62 bits per heavy atom. The van der Waals surface area contributed by atoms with Gasteiger partial charge in [0.2, 0.25) is 5.91 Å². The number of likely N-dealkylation sites (tertiary alicyclic amines) is 1. The Kier molecular flexibility index (Phi) is 6.42. The van der Waals surface area contributed by atoms with Gasteiger partial charge in [-0.3, -0.25) is 4.79 Å². The number of carbonyl (C=O) groups is 1. The van der Waals surface area contributed by atoms with Crippen LogP contribution in [-0.4, -0.2) is 51.6 Å². The van der Waals surface area contributed by atoms with Gasteiger partial charge < -0.3 is 19.5 Å². The van der Waals surface area contributed by atoms with E-state index in [9.17, 15) is 4.79 Å². The topological polar surface area (TPSA) is 72.3 Å². The molecular weight excluding hydrogens is 426 g/mol. The van der Waals surface area contributed by atoms with Crippen molar-refractivity contribution in [3.05, 3.63) is 67.1 Å². The summed E-state index contributed by atoms with van der Waals surface area (Å²) in [6, 6.07) is 18.4. The van der Waals surface area contributed by atoms with Crippen LogP contribution in [-0.2, 0) is 4.79 Å². The molecule has 7 nitrogen and oxygen atoms in total. The summed E-state index contributed by atoms with van der Waals surface area (Å²) in [5, 5.41) is 4.49. The van der Waals surface area contributed by atoms with Crippen LogP contribution in [0.4, 0.5) is 5.82 Å². The van der Waals surface area contributed by atoms with Gasteiger partial charge in [0.05, 0.1) is 12.0 Å². The highest BCUT2D eigenvalue weighted by molar-refractivity contribution is 6.02. The first kappa shape index (κ1) is 21.9. The van der Waals surface area contributed by atoms with E-state index in [1.165, 1.54) is 0 Å². The molecule has 34 heavy (non-hydrogen) atoms. The third-order valence-electron chi connectivity index (χ3n) is 6.16. The molecule has 7 heteroatoms. The van der Waals surface area contributed by atoms with Crippen LogP contribution in [0.5, 0.6) is 5.75 Å². The van der Waals surface area contributed by atoms with Crippen molar-refractivity contribution in [1.29, 1.82) is 0 Å². The zero-order chi connectivity index (χ0) is 23.3. The summed E-state index contributed by atoms with van der Waals surface area (Å²) in [6.45, 7) is 5.00. The molecule has 5 rings (SSSR count). The number of hydrogen-bond donors (Lipinski definition) is 1. The Balaban J connectivity index is 1.47. The van der Waals surface area contributed by atoms with Gasteiger partial charge in [-0.2, -0.15) is 0 Å². The minimum atomic E-state index is 0.267. The van der Waals surface area contributed by atoms with Crippen LogP contribution in [0.25, 0.3) is 27.8 Å². The molecule has 1 saturated heterocycles. The molecule has 0 radical (unpaired) electrons. The van der Waals surface area contributed by atoms with Crippen molar-refractivity contribution in [2.24, 2.45) is 0 Å². The number of benzene rings is 2. The molecule has 0 unspecified atom stereocenters. The summed E-state index contributed by atoms with van der Waals surface area (Å²) in [4.78, 5) is 23.1. The number of nitrogens with zero attached hydrogens (tertiary/aromatic N) is 4. The van der Waals surface area contributed by atoms with E-state index in [1.807, 2.05) is 54.3 Å². The highest BCUT2D eigenvalue weighted by Crippen LogP contribution is 2.35. The highest BCUT2D eigenvalue weighted by Gasteiger charge is 2.20. The average Bonchev–Trinajstić information content (AvgIpc) is 3.47. The second-order valence-corrected chi connectivity index (χ2v) is 8.39. The van der Waals surface area contributed by atoms with Gasteiger partial charge in [0.1, 0.15) is 17.9 Å². The van der Waals surface area contributed by atoms with Crippen LogP contribution in [0.3, 0.4) is 0 Å². The lowest BCUT2D eigenvalue weighted by atomic mass is 10.1. The van der Waals surface area contributed by atoms with Crippen LogP contribution in [0.15, 0.2) is 67.1 Å². The third kappa shape index (κ3) is 4.46. The first-order valence-corrected chi connectivity index (χ1v) is 11.9. The number of rotatable bonds is 9. The predicted molar refractivity (Wildman–Crippen MR) is 134 cm³/mol. The standard InChI is InChI=1S/C27H29N5O2/c1-2-34-22-13-11-21(12-14-22)32-18-23(20-8-4-3-5-9-20)25-26(29-19-30-27(25)32)28-15-7-17-31-16-6-10-24(31)33/h3-5,8-9,11-14,18-19H,2,6-7,10,15-17H2,1H3,(H,28,29,30). The van der Waals surface area contributed by atoms with Crippen LogP contribution in [0.2, 0.25) is 0 Å². The first-order chi connectivity index (χ1) is 16.7.